The molecule has 0 radical (unpaired) electrons. The molecular weight excluding hydrogens is 941 g/mol. The van der Waals surface area contributed by atoms with Crippen LogP contribution in [-0.2, 0) is 56.0 Å². The highest BCUT2D eigenvalue weighted by molar-refractivity contribution is 7.89. The molecule has 0 saturated heterocycles. The Morgan fingerprint density at radius 3 is 2.09 bits per heavy atom. The van der Waals surface area contributed by atoms with Crippen LogP contribution in [0.25, 0.3) is 21.5 Å². The molecule has 0 fully saturated rings. The first-order valence-corrected chi connectivity index (χ1v) is 27.9. The standard InChI is InChI=1S/C47H58N4O12S4/c1-8-25-48-43(52)20-14-27-49(7)65(56,57)39-17-13-16-35-33(39)21-23-37-44(35)46(3,4)42(51(37)28-15-29-64(53,54)55)19-12-10-11-18-41-47(5,6)45-36-30-32(66(58,59)60)31-40(67(61,62)63)34(36)22-24-38(45)50(41)26-9-2/h10-13,16-19,21-24,30-31H,8-9,14-15,20,25-29H2,1-7H3,(H3-,48,52,53,54,55,58,59,60,61,62,63)/p+1. The number of allylic oxidation sites excluding steroid dienone is 6. The number of carbonyl (C=O) groups excluding carboxylic acids is 1. The third kappa shape index (κ3) is 10.5. The minimum Gasteiger partial charge on any atom is -0.356 e. The summed E-state index contributed by atoms with van der Waals surface area (Å²) in [6, 6.07) is 13.9. The third-order valence-electron chi connectivity index (χ3n) is 12.4. The summed E-state index contributed by atoms with van der Waals surface area (Å²) in [6.45, 7) is 13.2. The Labute approximate surface area is 394 Å². The predicted octanol–water partition coefficient (Wildman–Crippen LogP) is 7.27. The van der Waals surface area contributed by atoms with E-state index in [4.69, 9.17) is 0 Å². The van der Waals surface area contributed by atoms with Gasteiger partial charge in [0.05, 0.1) is 21.0 Å². The number of hydrogen-bond donors (Lipinski definition) is 4. The Morgan fingerprint density at radius 2 is 1.45 bits per heavy atom. The van der Waals surface area contributed by atoms with E-state index in [-0.39, 0.29) is 47.5 Å². The van der Waals surface area contributed by atoms with Gasteiger partial charge in [0.15, 0.2) is 5.71 Å². The molecule has 0 aromatic heterocycles. The molecule has 4 aromatic rings. The number of benzene rings is 4. The van der Waals surface area contributed by atoms with Crippen molar-refractivity contribution < 1.29 is 56.7 Å². The third-order valence-corrected chi connectivity index (χ3v) is 16.9. The van der Waals surface area contributed by atoms with Crippen molar-refractivity contribution in [3.63, 3.8) is 0 Å². The van der Waals surface area contributed by atoms with E-state index in [0.29, 0.717) is 41.5 Å². The van der Waals surface area contributed by atoms with Crippen molar-refractivity contribution in [2.45, 2.75) is 99.2 Å². The maximum atomic E-state index is 14.1. The Morgan fingerprint density at radius 1 is 0.761 bits per heavy atom. The van der Waals surface area contributed by atoms with Gasteiger partial charge < -0.3 is 10.2 Å². The number of nitrogens with zero attached hydrogens (tertiary/aromatic N) is 3. The molecule has 67 heavy (non-hydrogen) atoms. The van der Waals surface area contributed by atoms with E-state index in [0.717, 1.165) is 41.6 Å². The van der Waals surface area contributed by atoms with E-state index < -0.39 is 66.8 Å². The zero-order valence-corrected chi connectivity index (χ0v) is 41.9. The van der Waals surface area contributed by atoms with Gasteiger partial charge in [0, 0.05) is 84.8 Å². The average Bonchev–Trinajstić information content (AvgIpc) is 3.59. The van der Waals surface area contributed by atoms with Crippen LogP contribution >= 0.6 is 0 Å². The van der Waals surface area contributed by atoms with Gasteiger partial charge in [0.25, 0.3) is 30.4 Å². The van der Waals surface area contributed by atoms with Gasteiger partial charge in [-0.15, -0.1) is 0 Å². The van der Waals surface area contributed by atoms with E-state index in [9.17, 15) is 52.1 Å². The van der Waals surface area contributed by atoms with Crippen molar-refractivity contribution in [2.24, 2.45) is 0 Å². The van der Waals surface area contributed by atoms with Crippen LogP contribution in [0.3, 0.4) is 0 Å². The van der Waals surface area contributed by atoms with Crippen LogP contribution < -0.4 is 10.2 Å². The largest absolute Gasteiger partial charge is 0.356 e. The van der Waals surface area contributed by atoms with Gasteiger partial charge >= 0.3 is 0 Å². The lowest BCUT2D eigenvalue weighted by molar-refractivity contribution is -0.437. The number of hydrogen-bond acceptors (Lipinski definition) is 10. The summed E-state index contributed by atoms with van der Waals surface area (Å²) < 4.78 is 134. The second-order valence-electron chi connectivity index (χ2n) is 17.9. The fourth-order valence-electron chi connectivity index (χ4n) is 9.39. The van der Waals surface area contributed by atoms with E-state index >= 15 is 0 Å². The van der Waals surface area contributed by atoms with Crippen molar-refractivity contribution in [1.82, 2.24) is 9.62 Å². The van der Waals surface area contributed by atoms with E-state index in [1.165, 1.54) is 23.5 Å². The van der Waals surface area contributed by atoms with Crippen molar-refractivity contribution in [3.8, 4) is 0 Å². The molecule has 16 nitrogen and oxygen atoms in total. The minimum absolute atomic E-state index is 0.0920. The van der Waals surface area contributed by atoms with Crippen LogP contribution in [0.4, 0.5) is 11.4 Å². The Hall–Kier alpha value is -4.80. The summed E-state index contributed by atoms with van der Waals surface area (Å²) in [6.07, 6.45) is 11.4. The highest BCUT2D eigenvalue weighted by Crippen LogP contribution is 2.52. The number of fused-ring (bicyclic) bond motifs is 6. The van der Waals surface area contributed by atoms with Crippen LogP contribution in [-0.4, -0.2) is 107 Å². The van der Waals surface area contributed by atoms with Gasteiger partial charge in [0.2, 0.25) is 21.6 Å². The summed E-state index contributed by atoms with van der Waals surface area (Å²) in [7, 11) is -16.5. The molecule has 0 aliphatic carbocycles. The molecule has 6 rings (SSSR count). The maximum absolute atomic E-state index is 14.1. The van der Waals surface area contributed by atoms with Crippen molar-refractivity contribution in [2.75, 3.05) is 43.9 Å². The first-order valence-electron chi connectivity index (χ1n) is 22.0. The van der Waals surface area contributed by atoms with Gasteiger partial charge in [0.1, 0.15) is 11.4 Å². The van der Waals surface area contributed by atoms with Gasteiger partial charge in [-0.25, -0.2) is 12.7 Å². The molecule has 0 unspecified atom stereocenters. The van der Waals surface area contributed by atoms with Crippen LogP contribution in [0, 0.1) is 0 Å². The molecule has 2 aliphatic heterocycles. The Kier molecular flexibility index (Phi) is 14.9. The molecule has 0 atom stereocenters. The summed E-state index contributed by atoms with van der Waals surface area (Å²) in [5.41, 5.74) is 2.89. The number of sulfonamides is 1. The van der Waals surface area contributed by atoms with E-state index in [1.807, 2.05) is 89.0 Å². The second-order valence-corrected chi connectivity index (χ2v) is 24.3. The van der Waals surface area contributed by atoms with Crippen LogP contribution in [0.2, 0.25) is 0 Å². The molecule has 0 bridgehead atoms. The van der Waals surface area contributed by atoms with Gasteiger partial charge in [-0.3, -0.25) is 18.5 Å². The van der Waals surface area contributed by atoms with Gasteiger partial charge in [-0.1, -0.05) is 64.1 Å². The van der Waals surface area contributed by atoms with Crippen molar-refractivity contribution in [3.05, 3.63) is 102 Å². The molecular formula is C47H59N4O12S4+. The monoisotopic (exact) mass is 999 g/mol. The molecule has 0 saturated carbocycles. The summed E-state index contributed by atoms with van der Waals surface area (Å²) >= 11 is 0. The highest BCUT2D eigenvalue weighted by Gasteiger charge is 2.46. The first-order chi connectivity index (χ1) is 31.2. The zero-order valence-electron chi connectivity index (χ0n) is 38.6. The predicted molar refractivity (Wildman–Crippen MR) is 261 cm³/mol. The Bertz CT molecular complexity index is 3230. The molecule has 4 aromatic carbocycles. The average molecular weight is 1000 g/mol. The lowest BCUT2D eigenvalue weighted by atomic mass is 9.79. The fourth-order valence-corrected chi connectivity index (χ4v) is 12.6. The molecule has 0 spiro atoms. The zero-order chi connectivity index (χ0) is 49.5. The van der Waals surface area contributed by atoms with Gasteiger partial charge in [-0.2, -0.15) is 29.8 Å². The topological polar surface area (TPSA) is 236 Å². The summed E-state index contributed by atoms with van der Waals surface area (Å²) in [5.74, 6) is -0.605. The summed E-state index contributed by atoms with van der Waals surface area (Å²) in [4.78, 5) is 12.9. The molecule has 362 valence electrons. The summed E-state index contributed by atoms with van der Waals surface area (Å²) in [5, 5.41) is 4.33. The van der Waals surface area contributed by atoms with Gasteiger partial charge in [-0.05, 0) is 85.9 Å². The fraction of sp³-hybridized carbons (Fsp3) is 0.404. The first kappa shape index (κ1) is 51.6. The van der Waals surface area contributed by atoms with E-state index in [2.05, 4.69) is 9.89 Å². The van der Waals surface area contributed by atoms with Crippen LogP contribution in [0.5, 0.6) is 0 Å². The van der Waals surface area contributed by atoms with Crippen LogP contribution in [0.1, 0.15) is 84.8 Å². The van der Waals surface area contributed by atoms with E-state index in [1.54, 1.807) is 24.3 Å². The second kappa shape index (κ2) is 19.3. The van der Waals surface area contributed by atoms with Crippen molar-refractivity contribution in [1.29, 1.82) is 0 Å². The minimum atomic E-state index is -4.91. The quantitative estimate of drug-likeness (QED) is 0.0411. The molecule has 2 heterocycles. The maximum Gasteiger partial charge on any atom is 0.295 e. The number of anilines is 1. The lowest BCUT2D eigenvalue weighted by Crippen LogP contribution is -2.30. The highest BCUT2D eigenvalue weighted by atomic mass is 32.2. The number of amides is 1. The number of carbonyl (C=O) groups is 1. The van der Waals surface area contributed by atoms with Crippen LogP contribution in [0.15, 0.2) is 105 Å². The molecule has 4 N–H and O–H groups in total. The molecule has 2 aliphatic rings. The lowest BCUT2D eigenvalue weighted by Gasteiger charge is -2.27. The normalized spacial score (nSPS) is 16.9. The number of rotatable bonds is 19. The smallest absolute Gasteiger partial charge is 0.295 e. The number of nitrogens with one attached hydrogen (secondary N) is 1. The Balaban J connectivity index is 1.38. The SMILES string of the molecule is CCCNC(=O)CCCN(C)S(=O)(=O)c1cccc2c3c(ccc12)N(CCCS(=O)(=O)O)C(=CC=CC=CC1=[N+](CCC)c2ccc4c(S(=O)(=O)O)cc(S(=O)(=O)O)cc4c2C1(C)C)C3(C)C. The molecule has 1 amide bonds. The van der Waals surface area contributed by atoms with Crippen molar-refractivity contribution >= 4 is 84.9 Å². The molecule has 20 heteroatoms.